The largest absolute Gasteiger partial charge is 0.444 e. The van der Waals surface area contributed by atoms with Crippen LogP contribution < -0.4 is 0 Å². The summed E-state index contributed by atoms with van der Waals surface area (Å²) in [6.07, 6.45) is 1.08. The minimum atomic E-state index is -0.809. The van der Waals surface area contributed by atoms with Crippen molar-refractivity contribution in [2.45, 2.75) is 45.3 Å². The van der Waals surface area contributed by atoms with Crippen molar-refractivity contribution in [2.24, 2.45) is 0 Å². The SMILES string of the molecule is CC(C)(C)OC(=O)N1CCCC1C(=O)N1CCS(=O)CC1. The summed E-state index contributed by atoms with van der Waals surface area (Å²) in [6.45, 7) is 7.05. The molecule has 2 aliphatic rings. The molecule has 0 N–H and O–H groups in total. The van der Waals surface area contributed by atoms with Crippen LogP contribution in [0.5, 0.6) is 0 Å². The van der Waals surface area contributed by atoms with Gasteiger partial charge in [0.2, 0.25) is 5.91 Å². The van der Waals surface area contributed by atoms with Gasteiger partial charge in [0.05, 0.1) is 0 Å². The van der Waals surface area contributed by atoms with E-state index in [2.05, 4.69) is 0 Å². The van der Waals surface area contributed by atoms with Gasteiger partial charge in [0.25, 0.3) is 0 Å². The van der Waals surface area contributed by atoms with Crippen LogP contribution >= 0.6 is 0 Å². The Morgan fingerprint density at radius 3 is 2.33 bits per heavy atom. The number of hydrogen-bond acceptors (Lipinski definition) is 4. The van der Waals surface area contributed by atoms with Crippen molar-refractivity contribution in [2.75, 3.05) is 31.1 Å². The lowest BCUT2D eigenvalue weighted by Crippen LogP contribution is -2.52. The molecule has 2 heterocycles. The van der Waals surface area contributed by atoms with Crippen LogP contribution in [-0.4, -0.2) is 68.8 Å². The minimum absolute atomic E-state index is 0.0324. The van der Waals surface area contributed by atoms with E-state index < -0.39 is 28.5 Å². The molecule has 1 unspecified atom stereocenters. The molecular formula is C14H24N2O4S. The number of nitrogens with zero attached hydrogens (tertiary/aromatic N) is 2. The Labute approximate surface area is 128 Å². The fourth-order valence-corrected chi connectivity index (χ4v) is 3.68. The van der Waals surface area contributed by atoms with E-state index in [1.54, 1.807) is 9.80 Å². The van der Waals surface area contributed by atoms with Gasteiger partial charge in [0, 0.05) is 41.9 Å². The molecule has 2 saturated heterocycles. The Bertz CT molecular complexity index is 437. The van der Waals surface area contributed by atoms with E-state index in [0.717, 1.165) is 6.42 Å². The highest BCUT2D eigenvalue weighted by Gasteiger charge is 2.39. The maximum absolute atomic E-state index is 12.6. The lowest BCUT2D eigenvalue weighted by atomic mass is 10.2. The molecule has 1 atom stereocenters. The van der Waals surface area contributed by atoms with Gasteiger partial charge in [-0.15, -0.1) is 0 Å². The maximum atomic E-state index is 12.6. The van der Waals surface area contributed by atoms with Gasteiger partial charge in [-0.3, -0.25) is 13.9 Å². The van der Waals surface area contributed by atoms with Crippen LogP contribution in [0.25, 0.3) is 0 Å². The van der Waals surface area contributed by atoms with Crippen LogP contribution in [0.1, 0.15) is 33.6 Å². The smallest absolute Gasteiger partial charge is 0.410 e. The van der Waals surface area contributed by atoms with Gasteiger partial charge in [-0.2, -0.15) is 0 Å². The average molecular weight is 316 g/mol. The highest BCUT2D eigenvalue weighted by Crippen LogP contribution is 2.23. The van der Waals surface area contributed by atoms with Crippen LogP contribution in [0.2, 0.25) is 0 Å². The fraction of sp³-hybridized carbons (Fsp3) is 0.857. The molecule has 0 bridgehead atoms. The average Bonchev–Trinajstić information content (AvgIpc) is 2.86. The van der Waals surface area contributed by atoms with Gasteiger partial charge in [-0.05, 0) is 33.6 Å². The van der Waals surface area contributed by atoms with Crippen LogP contribution in [0, 0.1) is 0 Å². The summed E-state index contributed by atoms with van der Waals surface area (Å²) in [6, 6.07) is -0.425. The zero-order valence-electron chi connectivity index (χ0n) is 13.0. The van der Waals surface area contributed by atoms with E-state index >= 15 is 0 Å². The standard InChI is InChI=1S/C14H24N2O4S/c1-14(2,3)20-13(18)16-6-4-5-11(16)12(17)15-7-9-21(19)10-8-15/h11H,4-10H2,1-3H3. The van der Waals surface area contributed by atoms with Crippen LogP contribution in [-0.2, 0) is 20.3 Å². The first-order chi connectivity index (χ1) is 9.78. The summed E-state index contributed by atoms with van der Waals surface area (Å²) < 4.78 is 16.7. The monoisotopic (exact) mass is 316 g/mol. The molecule has 2 aliphatic heterocycles. The first-order valence-electron chi connectivity index (χ1n) is 7.41. The predicted octanol–water partition coefficient (Wildman–Crippen LogP) is 0.977. The Balaban J connectivity index is 1.99. The van der Waals surface area contributed by atoms with Gasteiger partial charge in [-0.1, -0.05) is 0 Å². The third kappa shape index (κ3) is 4.18. The molecule has 7 heteroatoms. The summed E-state index contributed by atoms with van der Waals surface area (Å²) in [4.78, 5) is 28.0. The highest BCUT2D eigenvalue weighted by molar-refractivity contribution is 7.85. The third-order valence-corrected chi connectivity index (χ3v) is 4.93. The number of carbonyl (C=O) groups excluding carboxylic acids is 2. The van der Waals surface area contributed by atoms with Crippen LogP contribution in [0.15, 0.2) is 0 Å². The topological polar surface area (TPSA) is 66.9 Å². The van der Waals surface area contributed by atoms with E-state index in [-0.39, 0.29) is 5.91 Å². The molecule has 0 aromatic carbocycles. The van der Waals surface area contributed by atoms with Crippen molar-refractivity contribution in [3.05, 3.63) is 0 Å². The molecule has 2 rings (SSSR count). The quantitative estimate of drug-likeness (QED) is 0.723. The van der Waals surface area contributed by atoms with E-state index in [0.29, 0.717) is 37.6 Å². The van der Waals surface area contributed by atoms with Gasteiger partial charge in [0.15, 0.2) is 0 Å². The highest BCUT2D eigenvalue weighted by atomic mass is 32.2. The van der Waals surface area contributed by atoms with E-state index in [9.17, 15) is 13.8 Å². The van der Waals surface area contributed by atoms with Gasteiger partial charge < -0.3 is 9.64 Å². The summed E-state index contributed by atoms with van der Waals surface area (Å²) in [7, 11) is -0.809. The number of hydrogen-bond donors (Lipinski definition) is 0. The number of ether oxygens (including phenoxy) is 1. The lowest BCUT2D eigenvalue weighted by molar-refractivity contribution is -0.135. The number of rotatable bonds is 1. The molecule has 0 radical (unpaired) electrons. The van der Waals surface area contributed by atoms with Crippen molar-refractivity contribution < 1.29 is 18.5 Å². The van der Waals surface area contributed by atoms with E-state index in [1.165, 1.54) is 0 Å². The molecular weight excluding hydrogens is 292 g/mol. The summed E-state index contributed by atoms with van der Waals surface area (Å²) in [5.41, 5.74) is -0.560. The van der Waals surface area contributed by atoms with Crippen molar-refractivity contribution >= 4 is 22.8 Å². The Morgan fingerprint density at radius 2 is 1.76 bits per heavy atom. The Morgan fingerprint density at radius 1 is 1.14 bits per heavy atom. The fourth-order valence-electron chi connectivity index (χ4n) is 2.63. The van der Waals surface area contributed by atoms with Gasteiger partial charge in [0.1, 0.15) is 11.6 Å². The van der Waals surface area contributed by atoms with Crippen molar-refractivity contribution in [3.63, 3.8) is 0 Å². The van der Waals surface area contributed by atoms with Crippen molar-refractivity contribution in [3.8, 4) is 0 Å². The first-order valence-corrected chi connectivity index (χ1v) is 8.90. The lowest BCUT2D eigenvalue weighted by Gasteiger charge is -2.33. The number of carbonyl (C=O) groups is 2. The molecule has 0 saturated carbocycles. The zero-order chi connectivity index (χ0) is 15.6. The third-order valence-electron chi connectivity index (χ3n) is 3.66. The van der Waals surface area contributed by atoms with Crippen molar-refractivity contribution in [1.82, 2.24) is 9.80 Å². The van der Waals surface area contributed by atoms with E-state index in [4.69, 9.17) is 4.74 Å². The zero-order valence-corrected chi connectivity index (χ0v) is 13.8. The molecule has 0 aliphatic carbocycles. The second-order valence-corrected chi connectivity index (χ2v) is 8.20. The maximum Gasteiger partial charge on any atom is 0.410 e. The Kier molecular flexibility index (Phi) is 4.91. The summed E-state index contributed by atoms with van der Waals surface area (Å²) >= 11 is 0. The van der Waals surface area contributed by atoms with Crippen LogP contribution in [0.4, 0.5) is 4.79 Å². The molecule has 2 fully saturated rings. The van der Waals surface area contributed by atoms with Crippen molar-refractivity contribution in [1.29, 1.82) is 0 Å². The molecule has 6 nitrogen and oxygen atoms in total. The predicted molar refractivity (Wildman–Crippen MR) is 80.4 cm³/mol. The summed E-state index contributed by atoms with van der Waals surface area (Å²) in [5.74, 6) is 1.03. The van der Waals surface area contributed by atoms with Gasteiger partial charge in [-0.25, -0.2) is 4.79 Å². The molecule has 0 spiro atoms. The van der Waals surface area contributed by atoms with Gasteiger partial charge >= 0.3 is 6.09 Å². The summed E-state index contributed by atoms with van der Waals surface area (Å²) in [5, 5.41) is 0. The molecule has 120 valence electrons. The molecule has 2 amide bonds. The normalized spacial score (nSPS) is 24.2. The number of likely N-dealkylation sites (tertiary alicyclic amines) is 1. The number of amides is 2. The molecule has 21 heavy (non-hydrogen) atoms. The van der Waals surface area contributed by atoms with Crippen LogP contribution in [0.3, 0.4) is 0 Å². The molecule has 0 aromatic rings. The second-order valence-electron chi connectivity index (χ2n) is 6.51. The second kappa shape index (κ2) is 6.34. The van der Waals surface area contributed by atoms with E-state index in [1.807, 2.05) is 20.8 Å². The minimum Gasteiger partial charge on any atom is -0.444 e. The Hall–Kier alpha value is -1.11. The molecule has 0 aromatic heterocycles. The first kappa shape index (κ1) is 16.3.